The molecule has 20 heavy (non-hydrogen) atoms. The molecule has 0 aliphatic heterocycles. The number of halogens is 3. The Morgan fingerprint density at radius 2 is 1.95 bits per heavy atom. The Hall–Kier alpha value is -0.170. The molecular formula is C13H18BrClFNO2S. The molecule has 1 atom stereocenters. The second-order valence-electron chi connectivity index (χ2n) is 4.52. The average molecular weight is 387 g/mol. The molecule has 3 nitrogen and oxygen atoms in total. The molecule has 1 aromatic carbocycles. The van der Waals surface area contributed by atoms with E-state index in [4.69, 9.17) is 11.6 Å². The first-order chi connectivity index (χ1) is 9.31. The maximum Gasteiger partial charge on any atom is 0.242 e. The lowest BCUT2D eigenvalue weighted by atomic mass is 10.00. The van der Waals surface area contributed by atoms with Crippen molar-refractivity contribution in [1.82, 2.24) is 4.72 Å². The lowest BCUT2D eigenvalue weighted by Crippen LogP contribution is -2.33. The zero-order valence-electron chi connectivity index (χ0n) is 11.4. The summed E-state index contributed by atoms with van der Waals surface area (Å²) < 4.78 is 39.9. The molecule has 0 aliphatic rings. The summed E-state index contributed by atoms with van der Waals surface area (Å²) in [4.78, 5) is -0.206. The first-order valence-electron chi connectivity index (χ1n) is 6.40. The van der Waals surface area contributed by atoms with E-state index in [0.29, 0.717) is 5.92 Å². The highest BCUT2D eigenvalue weighted by Crippen LogP contribution is 2.23. The van der Waals surface area contributed by atoms with Crippen LogP contribution >= 0.6 is 27.5 Å². The number of rotatable bonds is 7. The Labute approximate surface area is 133 Å². The molecule has 0 fully saturated rings. The van der Waals surface area contributed by atoms with Crippen LogP contribution in [0.2, 0.25) is 5.02 Å². The van der Waals surface area contributed by atoms with Crippen molar-refractivity contribution in [2.24, 2.45) is 5.92 Å². The molecule has 1 aromatic rings. The van der Waals surface area contributed by atoms with Gasteiger partial charge in [-0.3, -0.25) is 0 Å². The Balaban J connectivity index is 2.83. The number of benzene rings is 1. The van der Waals surface area contributed by atoms with Crippen molar-refractivity contribution in [3.8, 4) is 0 Å². The van der Waals surface area contributed by atoms with E-state index in [0.717, 1.165) is 25.0 Å². The van der Waals surface area contributed by atoms with Gasteiger partial charge in [-0.15, -0.1) is 0 Å². The SMILES string of the molecule is CCC(CC)C(Br)CNS(=O)(=O)c1cc(F)ccc1Cl. The minimum absolute atomic E-state index is 0.00700. The van der Waals surface area contributed by atoms with Gasteiger partial charge in [-0.2, -0.15) is 0 Å². The quantitative estimate of drug-likeness (QED) is 0.721. The van der Waals surface area contributed by atoms with Gasteiger partial charge in [0.25, 0.3) is 0 Å². The Kier molecular flexibility index (Phi) is 6.91. The van der Waals surface area contributed by atoms with E-state index in [1.54, 1.807) is 0 Å². The summed E-state index contributed by atoms with van der Waals surface area (Å²) >= 11 is 9.30. The molecule has 114 valence electrons. The molecule has 0 amide bonds. The van der Waals surface area contributed by atoms with E-state index >= 15 is 0 Å². The van der Waals surface area contributed by atoms with Crippen LogP contribution in [0.5, 0.6) is 0 Å². The molecule has 0 heterocycles. The van der Waals surface area contributed by atoms with Gasteiger partial charge in [-0.1, -0.05) is 54.2 Å². The Morgan fingerprint density at radius 3 is 2.50 bits per heavy atom. The van der Waals surface area contributed by atoms with E-state index in [1.807, 2.05) is 0 Å². The lowest BCUT2D eigenvalue weighted by molar-refractivity contribution is 0.471. The Bertz CT molecular complexity index is 549. The summed E-state index contributed by atoms with van der Waals surface area (Å²) in [5.74, 6) is -0.258. The van der Waals surface area contributed by atoms with E-state index in [9.17, 15) is 12.8 Å². The van der Waals surface area contributed by atoms with Crippen molar-refractivity contribution in [2.45, 2.75) is 36.4 Å². The summed E-state index contributed by atoms with van der Waals surface area (Å²) in [6.07, 6.45) is 1.91. The standard InChI is InChI=1S/C13H18BrClFNO2S/c1-3-9(4-2)11(14)8-17-20(18,19)13-7-10(16)5-6-12(13)15/h5-7,9,11,17H,3-4,8H2,1-2H3. The van der Waals surface area contributed by atoms with Crippen molar-refractivity contribution >= 4 is 37.6 Å². The minimum Gasteiger partial charge on any atom is -0.210 e. The van der Waals surface area contributed by atoms with Gasteiger partial charge in [-0.05, 0) is 24.1 Å². The first kappa shape index (κ1) is 17.9. The number of hydrogen-bond donors (Lipinski definition) is 1. The maximum absolute atomic E-state index is 13.2. The molecule has 0 saturated heterocycles. The van der Waals surface area contributed by atoms with Crippen LogP contribution in [0, 0.1) is 11.7 Å². The van der Waals surface area contributed by atoms with Gasteiger partial charge in [0, 0.05) is 11.4 Å². The average Bonchev–Trinajstić information content (AvgIpc) is 2.40. The molecule has 0 bridgehead atoms. The molecule has 0 spiro atoms. The van der Waals surface area contributed by atoms with Crippen LogP contribution in [0.25, 0.3) is 0 Å². The van der Waals surface area contributed by atoms with Gasteiger partial charge in [-0.25, -0.2) is 17.5 Å². The zero-order valence-corrected chi connectivity index (χ0v) is 14.5. The fourth-order valence-electron chi connectivity index (χ4n) is 1.92. The largest absolute Gasteiger partial charge is 0.242 e. The highest BCUT2D eigenvalue weighted by molar-refractivity contribution is 9.09. The predicted octanol–water partition coefficient (Wildman–Crippen LogP) is 3.96. The molecule has 1 N–H and O–H groups in total. The van der Waals surface area contributed by atoms with Crippen molar-refractivity contribution in [1.29, 1.82) is 0 Å². The van der Waals surface area contributed by atoms with Gasteiger partial charge in [0.2, 0.25) is 10.0 Å². The maximum atomic E-state index is 13.2. The summed E-state index contributed by atoms with van der Waals surface area (Å²) in [6, 6.07) is 3.28. The van der Waals surface area contributed by atoms with E-state index in [-0.39, 0.29) is 21.3 Å². The fraction of sp³-hybridized carbons (Fsp3) is 0.538. The van der Waals surface area contributed by atoms with Crippen molar-refractivity contribution in [3.63, 3.8) is 0 Å². The van der Waals surface area contributed by atoms with Crippen molar-refractivity contribution < 1.29 is 12.8 Å². The fourth-order valence-corrected chi connectivity index (χ4v) is 4.61. The highest BCUT2D eigenvalue weighted by Gasteiger charge is 2.22. The molecule has 0 aliphatic carbocycles. The number of hydrogen-bond acceptors (Lipinski definition) is 2. The number of alkyl halides is 1. The van der Waals surface area contributed by atoms with E-state index in [1.165, 1.54) is 6.07 Å². The highest BCUT2D eigenvalue weighted by atomic mass is 79.9. The molecular weight excluding hydrogens is 369 g/mol. The molecule has 1 unspecified atom stereocenters. The topological polar surface area (TPSA) is 46.2 Å². The Morgan fingerprint density at radius 1 is 1.35 bits per heavy atom. The van der Waals surface area contributed by atoms with Crippen LogP contribution in [0.3, 0.4) is 0 Å². The molecule has 0 saturated carbocycles. The second kappa shape index (κ2) is 7.73. The van der Waals surface area contributed by atoms with E-state index in [2.05, 4.69) is 34.5 Å². The lowest BCUT2D eigenvalue weighted by Gasteiger charge is -2.20. The van der Waals surface area contributed by atoms with E-state index < -0.39 is 15.8 Å². The van der Waals surface area contributed by atoms with Gasteiger partial charge in [0.1, 0.15) is 10.7 Å². The number of sulfonamides is 1. The van der Waals surface area contributed by atoms with Crippen LogP contribution in [-0.2, 0) is 10.0 Å². The second-order valence-corrected chi connectivity index (χ2v) is 7.84. The monoisotopic (exact) mass is 385 g/mol. The third-order valence-corrected chi connectivity index (χ3v) is 6.19. The first-order valence-corrected chi connectivity index (χ1v) is 9.18. The molecule has 0 radical (unpaired) electrons. The van der Waals surface area contributed by atoms with Crippen LogP contribution in [0.4, 0.5) is 4.39 Å². The summed E-state index contributed by atoms with van der Waals surface area (Å²) in [5.41, 5.74) is 0. The summed E-state index contributed by atoms with van der Waals surface area (Å²) in [5, 5.41) is 0.00700. The van der Waals surface area contributed by atoms with Crippen molar-refractivity contribution in [3.05, 3.63) is 29.0 Å². The van der Waals surface area contributed by atoms with Gasteiger partial charge >= 0.3 is 0 Å². The van der Waals surface area contributed by atoms with Crippen LogP contribution < -0.4 is 4.72 Å². The van der Waals surface area contributed by atoms with Gasteiger partial charge < -0.3 is 0 Å². The van der Waals surface area contributed by atoms with Gasteiger partial charge in [0.15, 0.2) is 0 Å². The number of nitrogens with one attached hydrogen (secondary N) is 1. The van der Waals surface area contributed by atoms with Crippen LogP contribution in [-0.4, -0.2) is 19.8 Å². The summed E-state index contributed by atoms with van der Waals surface area (Å²) in [7, 11) is -3.81. The third-order valence-electron chi connectivity index (χ3n) is 3.21. The molecule has 7 heteroatoms. The molecule has 1 rings (SSSR count). The zero-order chi connectivity index (χ0) is 15.3. The smallest absolute Gasteiger partial charge is 0.210 e. The minimum atomic E-state index is -3.81. The molecule has 0 aromatic heterocycles. The van der Waals surface area contributed by atoms with Gasteiger partial charge in [0.05, 0.1) is 5.02 Å². The summed E-state index contributed by atoms with van der Waals surface area (Å²) in [6.45, 7) is 4.35. The van der Waals surface area contributed by atoms with Crippen LogP contribution in [0.1, 0.15) is 26.7 Å². The predicted molar refractivity (Wildman–Crippen MR) is 83.4 cm³/mol. The van der Waals surface area contributed by atoms with Crippen molar-refractivity contribution in [2.75, 3.05) is 6.54 Å². The van der Waals surface area contributed by atoms with Crippen LogP contribution in [0.15, 0.2) is 23.1 Å². The third kappa shape index (κ3) is 4.69. The normalized spacial score (nSPS) is 13.7.